The summed E-state index contributed by atoms with van der Waals surface area (Å²) >= 11 is 0. The Morgan fingerprint density at radius 2 is 1.90 bits per heavy atom. The van der Waals surface area contributed by atoms with Crippen LogP contribution in [0.3, 0.4) is 0 Å². The van der Waals surface area contributed by atoms with Crippen LogP contribution in [-0.2, 0) is 11.2 Å². The first kappa shape index (κ1) is 14.9. The summed E-state index contributed by atoms with van der Waals surface area (Å²) in [6, 6.07) is 8.13. The number of rotatable bonds is 4. The van der Waals surface area contributed by atoms with Crippen LogP contribution in [-0.4, -0.2) is 11.9 Å². The fourth-order valence-corrected chi connectivity index (χ4v) is 2.92. The number of anilines is 1. The summed E-state index contributed by atoms with van der Waals surface area (Å²) in [5.74, 6) is 1.68. The van der Waals surface area contributed by atoms with Crippen LogP contribution in [0.1, 0.15) is 45.1 Å². The highest BCUT2D eigenvalue weighted by Gasteiger charge is 2.25. The molecule has 3 heteroatoms. The molecule has 0 radical (unpaired) electrons. The maximum absolute atomic E-state index is 12.0. The molecule has 0 aliphatic heterocycles. The van der Waals surface area contributed by atoms with Gasteiger partial charge in [-0.1, -0.05) is 26.0 Å². The predicted molar refractivity (Wildman–Crippen MR) is 83.3 cm³/mol. The minimum absolute atomic E-state index is 0.175. The molecule has 0 spiro atoms. The van der Waals surface area contributed by atoms with Crippen LogP contribution in [0.4, 0.5) is 5.69 Å². The van der Waals surface area contributed by atoms with E-state index in [1.54, 1.807) is 0 Å². The number of nitrogens with one attached hydrogen (secondary N) is 1. The molecule has 3 N–H and O–H groups in total. The molecule has 0 bridgehead atoms. The van der Waals surface area contributed by atoms with Gasteiger partial charge in [-0.2, -0.15) is 0 Å². The van der Waals surface area contributed by atoms with Gasteiger partial charge in [0, 0.05) is 18.2 Å². The van der Waals surface area contributed by atoms with Crippen LogP contribution in [0.5, 0.6) is 0 Å². The van der Waals surface area contributed by atoms with E-state index >= 15 is 0 Å². The fraction of sp³-hybridized carbons (Fsp3) is 0.588. The average molecular weight is 274 g/mol. The van der Waals surface area contributed by atoms with E-state index in [9.17, 15) is 4.79 Å². The molecule has 2 rings (SSSR count). The second kappa shape index (κ2) is 6.78. The van der Waals surface area contributed by atoms with Crippen molar-refractivity contribution in [2.45, 2.75) is 52.0 Å². The van der Waals surface area contributed by atoms with E-state index < -0.39 is 0 Å². The van der Waals surface area contributed by atoms with E-state index in [4.69, 9.17) is 5.73 Å². The highest BCUT2D eigenvalue weighted by molar-refractivity contribution is 5.76. The van der Waals surface area contributed by atoms with Gasteiger partial charge in [-0.15, -0.1) is 0 Å². The highest BCUT2D eigenvalue weighted by atomic mass is 16.1. The Morgan fingerprint density at radius 1 is 1.20 bits per heavy atom. The number of carbonyl (C=O) groups excluding carboxylic acids is 1. The van der Waals surface area contributed by atoms with Crippen molar-refractivity contribution in [1.29, 1.82) is 0 Å². The number of benzene rings is 1. The molecule has 20 heavy (non-hydrogen) atoms. The summed E-state index contributed by atoms with van der Waals surface area (Å²) in [6.45, 7) is 4.60. The van der Waals surface area contributed by atoms with E-state index in [0.717, 1.165) is 30.9 Å². The maximum Gasteiger partial charge on any atom is 0.220 e. The van der Waals surface area contributed by atoms with Gasteiger partial charge in [-0.25, -0.2) is 0 Å². The standard InChI is InChI=1S/C17H26N2O/c1-12-3-9-16(11-13(12)2)19-17(20)10-6-14-4-7-15(18)8-5-14/h4-5,7-8,12-13,16H,3,6,9-11,18H2,1-2H3,(H,19,20). The monoisotopic (exact) mass is 274 g/mol. The minimum Gasteiger partial charge on any atom is -0.399 e. The molecule has 1 aliphatic carbocycles. The van der Waals surface area contributed by atoms with Gasteiger partial charge in [-0.05, 0) is 55.2 Å². The number of nitrogens with two attached hydrogens (primary N) is 1. The molecule has 110 valence electrons. The lowest BCUT2D eigenvalue weighted by atomic mass is 9.79. The largest absolute Gasteiger partial charge is 0.399 e. The summed E-state index contributed by atoms with van der Waals surface area (Å²) in [4.78, 5) is 12.0. The van der Waals surface area contributed by atoms with Crippen molar-refractivity contribution in [2.75, 3.05) is 5.73 Å². The Bertz CT molecular complexity index is 441. The molecular formula is C17H26N2O. The number of aryl methyl sites for hydroxylation is 1. The van der Waals surface area contributed by atoms with Gasteiger partial charge in [0.1, 0.15) is 0 Å². The zero-order valence-electron chi connectivity index (χ0n) is 12.6. The van der Waals surface area contributed by atoms with Gasteiger partial charge in [0.25, 0.3) is 0 Å². The summed E-state index contributed by atoms with van der Waals surface area (Å²) in [5, 5.41) is 3.19. The van der Waals surface area contributed by atoms with Crippen LogP contribution in [0.15, 0.2) is 24.3 Å². The summed E-state index contributed by atoms with van der Waals surface area (Å²) in [6.07, 6.45) is 4.81. The van der Waals surface area contributed by atoms with Crippen LogP contribution in [0, 0.1) is 11.8 Å². The van der Waals surface area contributed by atoms with E-state index in [2.05, 4.69) is 19.2 Å². The topological polar surface area (TPSA) is 55.1 Å². The lowest BCUT2D eigenvalue weighted by molar-refractivity contribution is -0.122. The Hall–Kier alpha value is -1.51. The van der Waals surface area contributed by atoms with Crippen molar-refractivity contribution in [3.05, 3.63) is 29.8 Å². The van der Waals surface area contributed by atoms with Crippen molar-refractivity contribution in [3.63, 3.8) is 0 Å². The second-order valence-corrected chi connectivity index (χ2v) is 6.27. The lowest BCUT2D eigenvalue weighted by Crippen LogP contribution is -2.39. The zero-order chi connectivity index (χ0) is 14.5. The Kier molecular flexibility index (Phi) is 5.05. The van der Waals surface area contributed by atoms with Gasteiger partial charge in [0.05, 0.1) is 0 Å². The fourth-order valence-electron chi connectivity index (χ4n) is 2.92. The molecule has 3 nitrogen and oxygen atoms in total. The van der Waals surface area contributed by atoms with Crippen LogP contribution in [0.25, 0.3) is 0 Å². The van der Waals surface area contributed by atoms with Crippen LogP contribution >= 0.6 is 0 Å². The summed E-state index contributed by atoms with van der Waals surface area (Å²) < 4.78 is 0. The molecule has 1 fully saturated rings. The SMILES string of the molecule is CC1CCC(NC(=O)CCc2ccc(N)cc2)CC1C. The molecule has 1 aromatic carbocycles. The van der Waals surface area contributed by atoms with E-state index in [-0.39, 0.29) is 5.91 Å². The number of hydrogen-bond acceptors (Lipinski definition) is 2. The number of carbonyl (C=O) groups is 1. The van der Waals surface area contributed by atoms with E-state index in [0.29, 0.717) is 18.4 Å². The third-order valence-corrected chi connectivity index (χ3v) is 4.58. The van der Waals surface area contributed by atoms with Gasteiger partial charge >= 0.3 is 0 Å². The molecule has 0 aromatic heterocycles. The van der Waals surface area contributed by atoms with Crippen molar-refractivity contribution in [2.24, 2.45) is 11.8 Å². The smallest absolute Gasteiger partial charge is 0.220 e. The second-order valence-electron chi connectivity index (χ2n) is 6.27. The van der Waals surface area contributed by atoms with Crippen molar-refractivity contribution in [3.8, 4) is 0 Å². The predicted octanol–water partition coefficient (Wildman–Crippen LogP) is 3.14. The minimum atomic E-state index is 0.175. The Balaban J connectivity index is 1.74. The molecule has 0 saturated heterocycles. The van der Waals surface area contributed by atoms with Gasteiger partial charge in [-0.3, -0.25) is 4.79 Å². The molecule has 1 amide bonds. The summed E-state index contributed by atoms with van der Waals surface area (Å²) in [5.41, 5.74) is 7.58. The quantitative estimate of drug-likeness (QED) is 0.829. The van der Waals surface area contributed by atoms with Gasteiger partial charge < -0.3 is 11.1 Å². The Labute approximate surface area is 121 Å². The van der Waals surface area contributed by atoms with E-state index in [1.165, 1.54) is 12.0 Å². The zero-order valence-corrected chi connectivity index (χ0v) is 12.6. The molecule has 1 aliphatic rings. The molecule has 1 saturated carbocycles. The van der Waals surface area contributed by atoms with Gasteiger partial charge in [0.15, 0.2) is 0 Å². The number of nitrogen functional groups attached to an aromatic ring is 1. The molecule has 1 aromatic rings. The first-order chi connectivity index (χ1) is 9.54. The molecular weight excluding hydrogens is 248 g/mol. The molecule has 0 heterocycles. The van der Waals surface area contributed by atoms with Crippen molar-refractivity contribution in [1.82, 2.24) is 5.32 Å². The average Bonchev–Trinajstić information content (AvgIpc) is 2.42. The van der Waals surface area contributed by atoms with Crippen molar-refractivity contribution >= 4 is 11.6 Å². The van der Waals surface area contributed by atoms with Gasteiger partial charge in [0.2, 0.25) is 5.91 Å². The highest BCUT2D eigenvalue weighted by Crippen LogP contribution is 2.29. The Morgan fingerprint density at radius 3 is 2.55 bits per heavy atom. The first-order valence-corrected chi connectivity index (χ1v) is 7.68. The van der Waals surface area contributed by atoms with Crippen LogP contribution in [0.2, 0.25) is 0 Å². The van der Waals surface area contributed by atoms with Crippen LogP contribution < -0.4 is 11.1 Å². The first-order valence-electron chi connectivity index (χ1n) is 7.68. The number of amides is 1. The molecule has 3 atom stereocenters. The van der Waals surface area contributed by atoms with Crippen molar-refractivity contribution < 1.29 is 4.79 Å². The third kappa shape index (κ3) is 4.26. The number of hydrogen-bond donors (Lipinski definition) is 2. The normalized spacial score (nSPS) is 26.2. The maximum atomic E-state index is 12.0. The van der Waals surface area contributed by atoms with E-state index in [1.807, 2.05) is 24.3 Å². The summed E-state index contributed by atoms with van der Waals surface area (Å²) in [7, 11) is 0. The third-order valence-electron chi connectivity index (χ3n) is 4.58. The lowest BCUT2D eigenvalue weighted by Gasteiger charge is -2.32. The molecule has 3 unspecified atom stereocenters.